The molecule has 4 heteroatoms. The minimum atomic E-state index is -1.44. The van der Waals surface area contributed by atoms with Crippen molar-refractivity contribution in [3.63, 3.8) is 0 Å². The van der Waals surface area contributed by atoms with Gasteiger partial charge in [0.15, 0.2) is 6.10 Å². The Hall–Kier alpha value is -0.610. The SMILES string of the molecule is CC(C)[C@H](O)[C@H](O)C(N)=O. The Morgan fingerprint density at radius 2 is 1.80 bits per heavy atom. The molecule has 0 saturated heterocycles. The predicted molar refractivity (Wildman–Crippen MR) is 36.0 cm³/mol. The lowest BCUT2D eigenvalue weighted by atomic mass is 10.0. The van der Waals surface area contributed by atoms with Gasteiger partial charge in [0.2, 0.25) is 5.91 Å². The molecule has 0 fully saturated rings. The van der Waals surface area contributed by atoms with Gasteiger partial charge >= 0.3 is 0 Å². The van der Waals surface area contributed by atoms with Crippen LogP contribution in [0.15, 0.2) is 0 Å². The molecule has 60 valence electrons. The Bertz CT molecular complexity index is 124. The second-order valence-corrected chi connectivity index (χ2v) is 2.58. The number of aliphatic hydroxyl groups excluding tert-OH is 2. The van der Waals surface area contributed by atoms with E-state index in [4.69, 9.17) is 15.9 Å². The third-order valence-electron chi connectivity index (χ3n) is 1.30. The van der Waals surface area contributed by atoms with Crippen LogP contribution in [0.5, 0.6) is 0 Å². The van der Waals surface area contributed by atoms with Crippen LogP contribution >= 0.6 is 0 Å². The minimum Gasteiger partial charge on any atom is -0.390 e. The van der Waals surface area contributed by atoms with Crippen LogP contribution in [0, 0.1) is 5.92 Å². The zero-order valence-electron chi connectivity index (χ0n) is 6.11. The number of rotatable bonds is 3. The van der Waals surface area contributed by atoms with Crippen LogP contribution in [-0.4, -0.2) is 28.3 Å². The summed E-state index contributed by atoms with van der Waals surface area (Å²) in [6.07, 6.45) is -2.50. The van der Waals surface area contributed by atoms with E-state index in [2.05, 4.69) is 0 Å². The molecule has 2 atom stereocenters. The van der Waals surface area contributed by atoms with Gasteiger partial charge in [0.25, 0.3) is 0 Å². The summed E-state index contributed by atoms with van der Waals surface area (Å²) in [7, 11) is 0. The Morgan fingerprint density at radius 1 is 1.40 bits per heavy atom. The van der Waals surface area contributed by atoms with Crippen LogP contribution in [0.2, 0.25) is 0 Å². The van der Waals surface area contributed by atoms with Crippen LogP contribution in [0.25, 0.3) is 0 Å². The summed E-state index contributed by atoms with van der Waals surface area (Å²) in [6, 6.07) is 0. The number of carbonyl (C=O) groups is 1. The van der Waals surface area contributed by atoms with Gasteiger partial charge in [-0.15, -0.1) is 0 Å². The largest absolute Gasteiger partial charge is 0.390 e. The summed E-state index contributed by atoms with van der Waals surface area (Å²) in [6.45, 7) is 3.38. The number of hydrogen-bond acceptors (Lipinski definition) is 3. The minimum absolute atomic E-state index is 0.164. The van der Waals surface area contributed by atoms with Crippen molar-refractivity contribution in [3.05, 3.63) is 0 Å². The first-order chi connectivity index (χ1) is 4.46. The van der Waals surface area contributed by atoms with Crippen LogP contribution in [-0.2, 0) is 4.79 Å². The average molecular weight is 147 g/mol. The van der Waals surface area contributed by atoms with Crippen molar-refractivity contribution in [2.75, 3.05) is 0 Å². The van der Waals surface area contributed by atoms with Gasteiger partial charge in [-0.05, 0) is 5.92 Å². The van der Waals surface area contributed by atoms with E-state index in [-0.39, 0.29) is 5.92 Å². The second kappa shape index (κ2) is 3.53. The zero-order valence-corrected chi connectivity index (χ0v) is 6.11. The zero-order chi connectivity index (χ0) is 8.31. The van der Waals surface area contributed by atoms with Crippen LogP contribution in [0.3, 0.4) is 0 Å². The highest BCUT2D eigenvalue weighted by atomic mass is 16.3. The van der Waals surface area contributed by atoms with E-state index in [1.807, 2.05) is 0 Å². The van der Waals surface area contributed by atoms with Crippen molar-refractivity contribution in [1.29, 1.82) is 0 Å². The van der Waals surface area contributed by atoms with Crippen molar-refractivity contribution in [2.24, 2.45) is 11.7 Å². The number of primary amides is 1. The first-order valence-corrected chi connectivity index (χ1v) is 3.12. The lowest BCUT2D eigenvalue weighted by Crippen LogP contribution is -2.41. The highest BCUT2D eigenvalue weighted by molar-refractivity contribution is 5.79. The van der Waals surface area contributed by atoms with Crippen LogP contribution in [0.4, 0.5) is 0 Å². The van der Waals surface area contributed by atoms with E-state index >= 15 is 0 Å². The third-order valence-corrected chi connectivity index (χ3v) is 1.30. The standard InChI is InChI=1S/C6H13NO3/c1-3(2)4(8)5(9)6(7)10/h3-5,8-9H,1-2H3,(H2,7,10)/t4-,5-/m0/s1. The highest BCUT2D eigenvalue weighted by Gasteiger charge is 2.23. The van der Waals surface area contributed by atoms with Gasteiger partial charge in [-0.3, -0.25) is 4.79 Å². The fourth-order valence-electron chi connectivity index (χ4n) is 0.533. The van der Waals surface area contributed by atoms with E-state index in [1.165, 1.54) is 0 Å². The first kappa shape index (κ1) is 9.39. The Kier molecular flexibility index (Phi) is 3.32. The van der Waals surface area contributed by atoms with E-state index in [0.717, 1.165) is 0 Å². The topological polar surface area (TPSA) is 83.6 Å². The fraction of sp³-hybridized carbons (Fsp3) is 0.833. The molecule has 0 aromatic rings. The summed E-state index contributed by atoms with van der Waals surface area (Å²) in [4.78, 5) is 10.3. The fourth-order valence-corrected chi connectivity index (χ4v) is 0.533. The Labute approximate surface area is 59.7 Å². The van der Waals surface area contributed by atoms with Crippen LogP contribution < -0.4 is 5.73 Å². The van der Waals surface area contributed by atoms with Gasteiger partial charge in [0, 0.05) is 0 Å². The molecular formula is C6H13NO3. The van der Waals surface area contributed by atoms with Crippen LogP contribution in [0.1, 0.15) is 13.8 Å². The van der Waals surface area contributed by atoms with E-state index < -0.39 is 18.1 Å². The molecule has 1 amide bonds. The molecule has 0 saturated carbocycles. The molecule has 4 nitrogen and oxygen atoms in total. The smallest absolute Gasteiger partial charge is 0.248 e. The Morgan fingerprint density at radius 3 is 1.90 bits per heavy atom. The maximum absolute atomic E-state index is 10.3. The number of amides is 1. The molecule has 0 aromatic heterocycles. The average Bonchev–Trinajstić information content (AvgIpc) is 1.84. The van der Waals surface area contributed by atoms with Gasteiger partial charge in [0.05, 0.1) is 6.10 Å². The quantitative estimate of drug-likeness (QED) is 0.471. The third kappa shape index (κ3) is 2.33. The van der Waals surface area contributed by atoms with E-state index in [0.29, 0.717) is 0 Å². The van der Waals surface area contributed by atoms with Gasteiger partial charge in [-0.2, -0.15) is 0 Å². The molecule has 0 aliphatic rings. The number of nitrogens with two attached hydrogens (primary N) is 1. The molecule has 0 aliphatic heterocycles. The summed E-state index contributed by atoms with van der Waals surface area (Å²) in [5.41, 5.74) is 4.73. The van der Waals surface area contributed by atoms with Crippen molar-refractivity contribution >= 4 is 5.91 Å². The number of hydrogen-bond donors (Lipinski definition) is 3. The normalized spacial score (nSPS) is 16.9. The molecule has 0 heterocycles. The number of carbonyl (C=O) groups excluding carboxylic acids is 1. The summed E-state index contributed by atoms with van der Waals surface area (Å²) < 4.78 is 0. The molecule has 0 aromatic carbocycles. The summed E-state index contributed by atoms with van der Waals surface area (Å²) in [5.74, 6) is -1.05. The maximum atomic E-state index is 10.3. The Balaban J connectivity index is 3.94. The van der Waals surface area contributed by atoms with Gasteiger partial charge < -0.3 is 15.9 Å². The number of aliphatic hydroxyl groups is 2. The monoisotopic (exact) mass is 147 g/mol. The van der Waals surface area contributed by atoms with Gasteiger partial charge in [-0.25, -0.2) is 0 Å². The van der Waals surface area contributed by atoms with E-state index in [1.54, 1.807) is 13.8 Å². The molecule has 0 rings (SSSR count). The molecule has 0 unspecified atom stereocenters. The molecule has 0 spiro atoms. The molecule has 0 aliphatic carbocycles. The second-order valence-electron chi connectivity index (χ2n) is 2.58. The molecule has 0 radical (unpaired) electrons. The predicted octanol–water partition coefficient (Wildman–Crippen LogP) is -1.15. The van der Waals surface area contributed by atoms with E-state index in [9.17, 15) is 4.79 Å². The summed E-state index contributed by atoms with van der Waals surface area (Å²) >= 11 is 0. The van der Waals surface area contributed by atoms with Crippen molar-refractivity contribution in [2.45, 2.75) is 26.1 Å². The highest BCUT2D eigenvalue weighted by Crippen LogP contribution is 2.04. The van der Waals surface area contributed by atoms with Gasteiger partial charge in [-0.1, -0.05) is 13.8 Å². The first-order valence-electron chi connectivity index (χ1n) is 3.12. The molecular weight excluding hydrogens is 134 g/mol. The lowest BCUT2D eigenvalue weighted by molar-refractivity contribution is -0.133. The molecule has 4 N–H and O–H groups in total. The molecule has 0 bridgehead atoms. The molecule has 10 heavy (non-hydrogen) atoms. The van der Waals surface area contributed by atoms with Crippen molar-refractivity contribution in [3.8, 4) is 0 Å². The lowest BCUT2D eigenvalue weighted by Gasteiger charge is -2.17. The maximum Gasteiger partial charge on any atom is 0.248 e. The van der Waals surface area contributed by atoms with Crippen molar-refractivity contribution in [1.82, 2.24) is 0 Å². The van der Waals surface area contributed by atoms with Crippen molar-refractivity contribution < 1.29 is 15.0 Å². The van der Waals surface area contributed by atoms with Gasteiger partial charge in [0.1, 0.15) is 0 Å². The summed E-state index contributed by atoms with van der Waals surface area (Å²) in [5, 5.41) is 17.9.